The van der Waals surface area contributed by atoms with Gasteiger partial charge in [0.1, 0.15) is 5.82 Å². The van der Waals surface area contributed by atoms with Gasteiger partial charge in [-0.15, -0.1) is 0 Å². The van der Waals surface area contributed by atoms with Crippen LogP contribution in [0.4, 0.5) is 0 Å². The summed E-state index contributed by atoms with van der Waals surface area (Å²) in [4.78, 5) is 17.0. The monoisotopic (exact) mass is 397 g/mol. The molecule has 1 heterocycles. The van der Waals surface area contributed by atoms with Gasteiger partial charge in [-0.1, -0.05) is 56.1 Å². The molecule has 1 N–H and O–H groups in total. The zero-order chi connectivity index (χ0) is 19.9. The van der Waals surface area contributed by atoms with E-state index in [-0.39, 0.29) is 5.91 Å². The summed E-state index contributed by atoms with van der Waals surface area (Å²) in [7, 11) is 0. The third-order valence-corrected chi connectivity index (χ3v) is 5.09. The average Bonchev–Trinajstić information content (AvgIpc) is 3.01. The van der Waals surface area contributed by atoms with Crippen LogP contribution in [0.25, 0.3) is 11.0 Å². The van der Waals surface area contributed by atoms with Crippen LogP contribution >= 0.6 is 11.6 Å². The van der Waals surface area contributed by atoms with E-state index >= 15 is 0 Å². The third-order valence-electron chi connectivity index (χ3n) is 4.76. The molecule has 0 saturated heterocycles. The molecule has 0 unspecified atom stereocenters. The van der Waals surface area contributed by atoms with Gasteiger partial charge >= 0.3 is 0 Å². The molecule has 0 bridgehead atoms. The normalized spacial score (nSPS) is 11.3. The number of fused-ring (bicyclic) bond motifs is 1. The van der Waals surface area contributed by atoms with E-state index in [2.05, 4.69) is 41.9 Å². The second kappa shape index (κ2) is 9.74. The first-order valence-electron chi connectivity index (χ1n) is 10.0. The van der Waals surface area contributed by atoms with Gasteiger partial charge < -0.3 is 9.88 Å². The highest BCUT2D eigenvalue weighted by atomic mass is 35.5. The number of aryl methyl sites for hydroxylation is 1. The molecule has 2 aromatic carbocycles. The minimum absolute atomic E-state index is 0.107. The molecule has 148 valence electrons. The Balaban J connectivity index is 1.48. The van der Waals surface area contributed by atoms with E-state index in [9.17, 15) is 4.79 Å². The highest BCUT2D eigenvalue weighted by Crippen LogP contribution is 2.19. The van der Waals surface area contributed by atoms with Crippen LogP contribution in [0.15, 0.2) is 48.5 Å². The number of amides is 1. The predicted octanol–water partition coefficient (Wildman–Crippen LogP) is 5.49. The number of hydrogen-bond donors (Lipinski definition) is 1. The number of imidazole rings is 1. The Bertz CT molecular complexity index is 932. The summed E-state index contributed by atoms with van der Waals surface area (Å²) in [6, 6.07) is 15.5. The molecule has 0 radical (unpaired) electrons. The first-order chi connectivity index (χ1) is 13.6. The molecule has 4 nitrogen and oxygen atoms in total. The van der Waals surface area contributed by atoms with Gasteiger partial charge in [-0.3, -0.25) is 4.79 Å². The molecule has 0 spiro atoms. The van der Waals surface area contributed by atoms with Gasteiger partial charge in [0, 0.05) is 19.5 Å². The smallest absolute Gasteiger partial charge is 0.252 e. The molecular formula is C23H28ClN3O. The molecule has 1 aromatic heterocycles. The molecule has 0 aliphatic carbocycles. The lowest BCUT2D eigenvalue weighted by molar-refractivity contribution is 0.0953. The van der Waals surface area contributed by atoms with Crippen molar-refractivity contribution in [1.82, 2.24) is 14.9 Å². The molecule has 0 saturated carbocycles. The third kappa shape index (κ3) is 5.14. The molecule has 0 aliphatic heterocycles. The second-order valence-electron chi connectivity index (χ2n) is 7.57. The Morgan fingerprint density at radius 2 is 1.82 bits per heavy atom. The number of hydrogen-bond acceptors (Lipinski definition) is 2. The van der Waals surface area contributed by atoms with Crippen molar-refractivity contribution in [3.8, 4) is 0 Å². The maximum absolute atomic E-state index is 12.2. The van der Waals surface area contributed by atoms with Crippen LogP contribution in [0.1, 0.15) is 49.3 Å². The summed E-state index contributed by atoms with van der Waals surface area (Å²) < 4.78 is 2.36. The Morgan fingerprint density at radius 3 is 2.61 bits per heavy atom. The van der Waals surface area contributed by atoms with E-state index < -0.39 is 0 Å². The summed E-state index contributed by atoms with van der Waals surface area (Å²) in [5.41, 5.74) is 2.83. The van der Waals surface area contributed by atoms with Gasteiger partial charge in [-0.05, 0) is 43.0 Å². The fraction of sp³-hybridized carbons (Fsp3) is 0.391. The van der Waals surface area contributed by atoms with Crippen molar-refractivity contribution in [3.63, 3.8) is 0 Å². The second-order valence-corrected chi connectivity index (χ2v) is 7.97. The van der Waals surface area contributed by atoms with Crippen molar-refractivity contribution in [2.75, 3.05) is 6.54 Å². The number of halogens is 1. The summed E-state index contributed by atoms with van der Waals surface area (Å²) in [6.07, 6.45) is 4.01. The van der Waals surface area contributed by atoms with Crippen LogP contribution in [-0.2, 0) is 13.0 Å². The van der Waals surface area contributed by atoms with E-state index in [1.807, 2.05) is 18.2 Å². The van der Waals surface area contributed by atoms with Gasteiger partial charge in [-0.25, -0.2) is 4.98 Å². The topological polar surface area (TPSA) is 46.9 Å². The SMILES string of the molecule is CC(C)Cn1c(CCCCCNC(=O)c2ccccc2Cl)nc2ccccc21. The molecule has 1 amide bonds. The number of nitrogens with one attached hydrogen (secondary N) is 1. The summed E-state index contributed by atoms with van der Waals surface area (Å²) in [6.45, 7) is 6.12. The van der Waals surface area contributed by atoms with E-state index in [0.29, 0.717) is 23.0 Å². The Hall–Kier alpha value is -2.33. The fourth-order valence-electron chi connectivity index (χ4n) is 3.41. The number of carbonyl (C=O) groups excluding carboxylic acids is 1. The first kappa shape index (κ1) is 20.4. The number of rotatable bonds is 9. The van der Waals surface area contributed by atoms with Crippen molar-refractivity contribution in [3.05, 3.63) is 64.9 Å². The first-order valence-corrected chi connectivity index (χ1v) is 10.4. The zero-order valence-corrected chi connectivity index (χ0v) is 17.4. The molecule has 0 atom stereocenters. The molecule has 0 fully saturated rings. The molecule has 3 rings (SSSR count). The lowest BCUT2D eigenvalue weighted by Gasteiger charge is -2.12. The van der Waals surface area contributed by atoms with Crippen LogP contribution in [-0.4, -0.2) is 22.0 Å². The number of carbonyl (C=O) groups is 1. The number of para-hydroxylation sites is 2. The predicted molar refractivity (Wildman–Crippen MR) is 116 cm³/mol. The Kier molecular flexibility index (Phi) is 7.10. The molecule has 0 aliphatic rings. The minimum Gasteiger partial charge on any atom is -0.352 e. The summed E-state index contributed by atoms with van der Waals surface area (Å²) in [5, 5.41) is 3.44. The lowest BCUT2D eigenvalue weighted by atomic mass is 10.1. The largest absolute Gasteiger partial charge is 0.352 e. The van der Waals surface area contributed by atoms with Gasteiger partial charge in [0.25, 0.3) is 5.91 Å². The standard InChI is InChI=1S/C23H28ClN3O/c1-17(2)16-27-21-13-8-7-12-20(21)26-22(27)14-4-3-9-15-25-23(28)18-10-5-6-11-19(18)24/h5-8,10-13,17H,3-4,9,14-16H2,1-2H3,(H,25,28). The molecule has 28 heavy (non-hydrogen) atoms. The summed E-state index contributed by atoms with van der Waals surface area (Å²) in [5.74, 6) is 1.63. The van der Waals surface area contributed by atoms with Crippen LogP contribution in [0.3, 0.4) is 0 Å². The average molecular weight is 398 g/mol. The van der Waals surface area contributed by atoms with Gasteiger partial charge in [0.15, 0.2) is 0 Å². The number of nitrogens with zero attached hydrogens (tertiary/aromatic N) is 2. The van der Waals surface area contributed by atoms with Crippen LogP contribution in [0.2, 0.25) is 5.02 Å². The zero-order valence-electron chi connectivity index (χ0n) is 16.6. The molecule has 3 aromatic rings. The van der Waals surface area contributed by atoms with Crippen molar-refractivity contribution < 1.29 is 4.79 Å². The van der Waals surface area contributed by atoms with Crippen molar-refractivity contribution in [2.45, 2.75) is 46.1 Å². The number of benzene rings is 2. The minimum atomic E-state index is -0.107. The van der Waals surface area contributed by atoms with Crippen molar-refractivity contribution in [1.29, 1.82) is 0 Å². The number of aromatic nitrogens is 2. The summed E-state index contributed by atoms with van der Waals surface area (Å²) >= 11 is 6.06. The maximum Gasteiger partial charge on any atom is 0.252 e. The number of unbranched alkanes of at least 4 members (excludes halogenated alkanes) is 2. The van der Waals surface area contributed by atoms with Crippen LogP contribution < -0.4 is 5.32 Å². The van der Waals surface area contributed by atoms with Gasteiger partial charge in [0.2, 0.25) is 0 Å². The van der Waals surface area contributed by atoms with E-state index in [1.165, 1.54) is 5.52 Å². The maximum atomic E-state index is 12.2. The van der Waals surface area contributed by atoms with Gasteiger partial charge in [0.05, 0.1) is 21.6 Å². The van der Waals surface area contributed by atoms with Crippen molar-refractivity contribution >= 4 is 28.5 Å². The van der Waals surface area contributed by atoms with Crippen LogP contribution in [0, 0.1) is 5.92 Å². The van der Waals surface area contributed by atoms with E-state index in [0.717, 1.165) is 43.6 Å². The van der Waals surface area contributed by atoms with Crippen LogP contribution in [0.5, 0.6) is 0 Å². The highest BCUT2D eigenvalue weighted by Gasteiger charge is 2.11. The van der Waals surface area contributed by atoms with E-state index in [1.54, 1.807) is 12.1 Å². The highest BCUT2D eigenvalue weighted by molar-refractivity contribution is 6.33. The van der Waals surface area contributed by atoms with E-state index in [4.69, 9.17) is 16.6 Å². The molecular weight excluding hydrogens is 370 g/mol. The molecule has 5 heteroatoms. The Morgan fingerprint density at radius 1 is 1.07 bits per heavy atom. The van der Waals surface area contributed by atoms with Gasteiger partial charge in [-0.2, -0.15) is 0 Å². The fourth-order valence-corrected chi connectivity index (χ4v) is 3.63. The quantitative estimate of drug-likeness (QED) is 0.485. The van der Waals surface area contributed by atoms with Crippen molar-refractivity contribution in [2.24, 2.45) is 5.92 Å². The Labute approximate surface area is 171 Å². The lowest BCUT2D eigenvalue weighted by Crippen LogP contribution is -2.24.